The first kappa shape index (κ1) is 21.2. The van der Waals surface area contributed by atoms with Crippen LogP contribution in [0.4, 0.5) is 5.69 Å². The van der Waals surface area contributed by atoms with Crippen molar-refractivity contribution >= 4 is 23.2 Å². The number of fused-ring (bicyclic) bond motifs is 2. The van der Waals surface area contributed by atoms with Gasteiger partial charge in [0, 0.05) is 36.1 Å². The number of carbonyl (C=O) groups excluding carboxylic acids is 1. The van der Waals surface area contributed by atoms with Gasteiger partial charge in [0.25, 0.3) is 0 Å². The summed E-state index contributed by atoms with van der Waals surface area (Å²) in [6.45, 7) is 2.88. The predicted molar refractivity (Wildman–Crippen MR) is 125 cm³/mol. The van der Waals surface area contributed by atoms with Crippen LogP contribution in [0.25, 0.3) is 0 Å². The molecule has 166 valence electrons. The number of halogens is 1. The molecule has 7 heteroatoms. The van der Waals surface area contributed by atoms with Gasteiger partial charge >= 0.3 is 0 Å². The molecule has 1 saturated heterocycles. The molecule has 0 saturated carbocycles. The van der Waals surface area contributed by atoms with Crippen LogP contribution in [0.2, 0.25) is 5.02 Å². The Bertz CT molecular complexity index is 1120. The highest BCUT2D eigenvalue weighted by Crippen LogP contribution is 2.48. The van der Waals surface area contributed by atoms with Gasteiger partial charge in [-0.1, -0.05) is 41.9 Å². The normalized spacial score (nSPS) is 18.8. The maximum absolute atomic E-state index is 13.2. The molecule has 6 nitrogen and oxygen atoms in total. The first-order valence-electron chi connectivity index (χ1n) is 11.0. The predicted octanol–water partition coefficient (Wildman–Crippen LogP) is 3.78. The van der Waals surface area contributed by atoms with E-state index in [2.05, 4.69) is 10.00 Å². The van der Waals surface area contributed by atoms with Crippen molar-refractivity contribution in [2.45, 2.75) is 37.5 Å². The van der Waals surface area contributed by atoms with Gasteiger partial charge in [0.1, 0.15) is 0 Å². The molecule has 1 aromatic heterocycles. The maximum atomic E-state index is 13.2. The lowest BCUT2D eigenvalue weighted by Crippen LogP contribution is -2.47. The number of benzene rings is 2. The molecule has 0 aliphatic carbocycles. The molecule has 1 N–H and O–H groups in total. The van der Waals surface area contributed by atoms with Crippen LogP contribution in [0.1, 0.15) is 35.6 Å². The highest BCUT2D eigenvalue weighted by molar-refractivity contribution is 6.31. The van der Waals surface area contributed by atoms with E-state index in [9.17, 15) is 9.90 Å². The van der Waals surface area contributed by atoms with E-state index in [0.29, 0.717) is 11.6 Å². The van der Waals surface area contributed by atoms with Crippen molar-refractivity contribution in [2.75, 3.05) is 25.0 Å². The summed E-state index contributed by atoms with van der Waals surface area (Å²) in [5.41, 5.74) is 3.58. The van der Waals surface area contributed by atoms with Crippen LogP contribution >= 0.6 is 11.6 Å². The molecule has 1 spiro atoms. The summed E-state index contributed by atoms with van der Waals surface area (Å²) in [7, 11) is 1.86. The van der Waals surface area contributed by atoms with Crippen molar-refractivity contribution in [1.82, 2.24) is 14.7 Å². The van der Waals surface area contributed by atoms with Gasteiger partial charge in [0.15, 0.2) is 0 Å². The van der Waals surface area contributed by atoms with Crippen molar-refractivity contribution in [3.63, 3.8) is 0 Å². The lowest BCUT2D eigenvalue weighted by atomic mass is 9.73. The van der Waals surface area contributed by atoms with Gasteiger partial charge in [0.2, 0.25) is 5.91 Å². The largest absolute Gasteiger partial charge is 0.386 e. The number of piperidine rings is 1. The highest BCUT2D eigenvalue weighted by atomic mass is 35.5. The lowest BCUT2D eigenvalue weighted by Gasteiger charge is -2.38. The van der Waals surface area contributed by atoms with Crippen molar-refractivity contribution in [3.05, 3.63) is 82.6 Å². The minimum absolute atomic E-state index is 0.178. The summed E-state index contributed by atoms with van der Waals surface area (Å²) in [6, 6.07) is 15.4. The standard InChI is InChI=1S/C25H27ClN4O2/c1-28-22-8-7-20(26)13-21(22)25(24(28)32)9-11-29(12-10-25)15-18-14-27-30(16-18)17-23(31)19-5-3-2-4-6-19/h2-8,13-14,16,23,31H,9-12,15,17H2,1H3. The van der Waals surface area contributed by atoms with Gasteiger partial charge in [0.05, 0.1) is 24.3 Å². The summed E-state index contributed by atoms with van der Waals surface area (Å²) in [5, 5.41) is 15.6. The van der Waals surface area contributed by atoms with Crippen molar-refractivity contribution in [3.8, 4) is 0 Å². The van der Waals surface area contributed by atoms with E-state index in [0.717, 1.165) is 54.9 Å². The first-order chi connectivity index (χ1) is 15.5. The van der Waals surface area contributed by atoms with Crippen LogP contribution in [0, 0.1) is 0 Å². The van der Waals surface area contributed by atoms with Crippen molar-refractivity contribution in [1.29, 1.82) is 0 Å². The molecule has 32 heavy (non-hydrogen) atoms. The lowest BCUT2D eigenvalue weighted by molar-refractivity contribution is -0.124. The number of aliphatic hydroxyl groups excluding tert-OH is 1. The average molecular weight is 451 g/mol. The molecule has 1 atom stereocenters. The zero-order valence-corrected chi connectivity index (χ0v) is 18.9. The van der Waals surface area contributed by atoms with Gasteiger partial charge in [-0.2, -0.15) is 5.10 Å². The molecule has 2 aliphatic rings. The Morgan fingerprint density at radius 3 is 2.66 bits per heavy atom. The Labute approximate surface area is 193 Å². The van der Waals surface area contributed by atoms with E-state index in [4.69, 9.17) is 11.6 Å². The average Bonchev–Trinajstić information content (AvgIpc) is 3.32. The summed E-state index contributed by atoms with van der Waals surface area (Å²) < 4.78 is 1.80. The first-order valence-corrected chi connectivity index (χ1v) is 11.4. The second-order valence-corrected chi connectivity index (χ2v) is 9.32. The third-order valence-electron chi connectivity index (χ3n) is 6.90. The van der Waals surface area contributed by atoms with E-state index in [-0.39, 0.29) is 5.91 Å². The summed E-state index contributed by atoms with van der Waals surface area (Å²) in [5.74, 6) is 0.178. The van der Waals surface area contributed by atoms with Crippen LogP contribution in [-0.4, -0.2) is 45.8 Å². The van der Waals surface area contributed by atoms with Gasteiger partial charge in [-0.15, -0.1) is 0 Å². The molecule has 1 amide bonds. The number of aliphatic hydroxyl groups is 1. The molecule has 1 fully saturated rings. The van der Waals surface area contributed by atoms with Crippen molar-refractivity contribution < 1.29 is 9.90 Å². The van der Waals surface area contributed by atoms with E-state index in [1.165, 1.54) is 0 Å². The highest BCUT2D eigenvalue weighted by Gasteiger charge is 2.50. The summed E-state index contributed by atoms with van der Waals surface area (Å²) in [6.07, 6.45) is 4.84. The fourth-order valence-corrected chi connectivity index (χ4v) is 5.28. The number of nitrogens with zero attached hydrogens (tertiary/aromatic N) is 4. The number of hydrogen-bond acceptors (Lipinski definition) is 4. The summed E-state index contributed by atoms with van der Waals surface area (Å²) in [4.78, 5) is 17.3. The zero-order valence-electron chi connectivity index (χ0n) is 18.1. The quantitative estimate of drug-likeness (QED) is 0.642. The Kier molecular flexibility index (Phi) is 5.53. The number of anilines is 1. The molecule has 1 unspecified atom stereocenters. The van der Waals surface area contributed by atoms with Crippen LogP contribution in [0.15, 0.2) is 60.9 Å². The van der Waals surface area contributed by atoms with E-state index < -0.39 is 11.5 Å². The number of carbonyl (C=O) groups is 1. The van der Waals surface area contributed by atoms with E-state index >= 15 is 0 Å². The van der Waals surface area contributed by atoms with Crippen LogP contribution in [0.5, 0.6) is 0 Å². The molecule has 2 aliphatic heterocycles. The second-order valence-electron chi connectivity index (χ2n) is 8.88. The fourth-order valence-electron chi connectivity index (χ4n) is 5.11. The third-order valence-corrected chi connectivity index (χ3v) is 7.13. The Morgan fingerprint density at radius 2 is 1.91 bits per heavy atom. The van der Waals surface area contributed by atoms with Crippen LogP contribution < -0.4 is 4.90 Å². The molecule has 3 aromatic rings. The maximum Gasteiger partial charge on any atom is 0.237 e. The number of likely N-dealkylation sites (tertiary alicyclic amines) is 1. The molecule has 3 heterocycles. The minimum Gasteiger partial charge on any atom is -0.386 e. The minimum atomic E-state index is -0.587. The van der Waals surface area contributed by atoms with Crippen LogP contribution in [0.3, 0.4) is 0 Å². The van der Waals surface area contributed by atoms with Gasteiger partial charge in [-0.25, -0.2) is 0 Å². The topological polar surface area (TPSA) is 61.6 Å². The molecular weight excluding hydrogens is 424 g/mol. The third kappa shape index (κ3) is 3.72. The number of hydrogen-bond donors (Lipinski definition) is 1. The molecular formula is C25H27ClN4O2. The summed E-state index contributed by atoms with van der Waals surface area (Å²) >= 11 is 6.27. The Hall–Kier alpha value is -2.67. The number of aromatic nitrogens is 2. The number of amides is 1. The van der Waals surface area contributed by atoms with Gasteiger partial charge in [-0.3, -0.25) is 14.4 Å². The molecule has 5 rings (SSSR count). The fraction of sp³-hybridized carbons (Fsp3) is 0.360. The number of likely N-dealkylation sites (N-methyl/N-ethyl adjacent to an activating group) is 1. The van der Waals surface area contributed by atoms with Crippen molar-refractivity contribution in [2.24, 2.45) is 0 Å². The smallest absolute Gasteiger partial charge is 0.237 e. The molecule has 0 radical (unpaired) electrons. The monoisotopic (exact) mass is 450 g/mol. The number of rotatable bonds is 5. The Balaban J connectivity index is 1.23. The second kappa shape index (κ2) is 8.35. The van der Waals surface area contributed by atoms with E-state index in [1.54, 1.807) is 9.58 Å². The van der Waals surface area contributed by atoms with Gasteiger partial charge in [-0.05, 0) is 55.3 Å². The molecule has 0 bridgehead atoms. The SMILES string of the molecule is CN1C(=O)C2(CCN(Cc3cnn(CC(O)c4ccccc4)c3)CC2)c2cc(Cl)ccc21. The van der Waals surface area contributed by atoms with Gasteiger partial charge < -0.3 is 10.0 Å². The van der Waals surface area contributed by atoms with Crippen LogP contribution in [-0.2, 0) is 23.3 Å². The Morgan fingerprint density at radius 1 is 1.16 bits per heavy atom. The molecule has 2 aromatic carbocycles. The van der Waals surface area contributed by atoms with E-state index in [1.807, 2.05) is 68.0 Å². The zero-order chi connectivity index (χ0) is 22.3.